The van der Waals surface area contributed by atoms with E-state index in [2.05, 4.69) is 10.3 Å². The zero-order valence-electron chi connectivity index (χ0n) is 12.6. The summed E-state index contributed by atoms with van der Waals surface area (Å²) in [5.74, 6) is -1.27. The highest BCUT2D eigenvalue weighted by Gasteiger charge is 2.11. The van der Waals surface area contributed by atoms with E-state index in [-0.39, 0.29) is 25.4 Å². The number of rotatable bonds is 6. The van der Waals surface area contributed by atoms with E-state index in [4.69, 9.17) is 4.74 Å². The largest absolute Gasteiger partial charge is 0.455 e. The molecule has 0 radical (unpaired) electrons. The molecule has 0 saturated heterocycles. The number of halogens is 1. The van der Waals surface area contributed by atoms with Crippen molar-refractivity contribution in [2.24, 2.45) is 0 Å². The second kappa shape index (κ2) is 7.22. The second-order valence-corrected chi connectivity index (χ2v) is 5.94. The molecule has 2 heterocycles. The number of imidazole rings is 1. The van der Waals surface area contributed by atoms with Crippen molar-refractivity contribution >= 4 is 28.2 Å². The Labute approximate surface area is 140 Å². The summed E-state index contributed by atoms with van der Waals surface area (Å²) in [5.41, 5.74) is 1.35. The second-order valence-electron chi connectivity index (χ2n) is 5.07. The van der Waals surface area contributed by atoms with Crippen LogP contribution in [0.25, 0.3) is 4.96 Å². The van der Waals surface area contributed by atoms with E-state index in [1.807, 2.05) is 16.0 Å². The molecule has 8 heteroatoms. The highest BCUT2D eigenvalue weighted by Crippen LogP contribution is 2.11. The lowest BCUT2D eigenvalue weighted by Crippen LogP contribution is -2.28. The van der Waals surface area contributed by atoms with Crippen LogP contribution in [0.3, 0.4) is 0 Å². The molecule has 124 valence electrons. The third kappa shape index (κ3) is 4.17. The summed E-state index contributed by atoms with van der Waals surface area (Å²) >= 11 is 1.47. The molecule has 1 amide bonds. The van der Waals surface area contributed by atoms with Gasteiger partial charge in [-0.3, -0.25) is 14.0 Å². The quantitative estimate of drug-likeness (QED) is 0.692. The number of aromatic nitrogens is 2. The van der Waals surface area contributed by atoms with Gasteiger partial charge in [0.1, 0.15) is 5.82 Å². The Hall–Kier alpha value is -2.74. The van der Waals surface area contributed by atoms with E-state index in [9.17, 15) is 14.0 Å². The molecule has 0 atom stereocenters. The van der Waals surface area contributed by atoms with Gasteiger partial charge in [-0.1, -0.05) is 12.1 Å². The summed E-state index contributed by atoms with van der Waals surface area (Å²) in [4.78, 5) is 28.5. The number of ether oxygens (including phenoxy) is 1. The van der Waals surface area contributed by atoms with Crippen molar-refractivity contribution in [2.75, 3.05) is 6.61 Å². The summed E-state index contributed by atoms with van der Waals surface area (Å²) < 4.78 is 19.5. The van der Waals surface area contributed by atoms with E-state index in [0.717, 1.165) is 10.5 Å². The maximum atomic E-state index is 12.8. The number of carbonyl (C=O) groups is 2. The number of benzene rings is 1. The van der Waals surface area contributed by atoms with Gasteiger partial charge in [0.15, 0.2) is 11.6 Å². The van der Waals surface area contributed by atoms with Crippen molar-refractivity contribution in [1.29, 1.82) is 0 Å². The molecule has 1 aromatic carbocycles. The highest BCUT2D eigenvalue weighted by atomic mass is 32.1. The first-order chi connectivity index (χ1) is 11.6. The first kappa shape index (κ1) is 16.1. The Morgan fingerprint density at radius 3 is 2.83 bits per heavy atom. The lowest BCUT2D eigenvalue weighted by molar-refractivity contribution is -0.147. The number of nitrogens with zero attached hydrogens (tertiary/aromatic N) is 2. The minimum atomic E-state index is -0.516. The number of thiazole rings is 1. The molecule has 0 aliphatic carbocycles. The summed E-state index contributed by atoms with van der Waals surface area (Å²) in [6.07, 6.45) is 3.62. The third-order valence-corrected chi connectivity index (χ3v) is 4.01. The van der Waals surface area contributed by atoms with Gasteiger partial charge < -0.3 is 10.1 Å². The van der Waals surface area contributed by atoms with Crippen molar-refractivity contribution in [3.05, 3.63) is 59.1 Å². The van der Waals surface area contributed by atoms with Crippen molar-refractivity contribution < 1.29 is 18.7 Å². The smallest absolute Gasteiger partial charge is 0.312 e. The van der Waals surface area contributed by atoms with Crippen LogP contribution in [0, 0.1) is 5.82 Å². The van der Waals surface area contributed by atoms with Gasteiger partial charge in [-0.05, 0) is 17.7 Å². The normalized spacial score (nSPS) is 10.7. The monoisotopic (exact) mass is 347 g/mol. The molecule has 0 fully saturated rings. The molecular formula is C16H14FN3O3S. The van der Waals surface area contributed by atoms with E-state index in [1.54, 1.807) is 18.3 Å². The van der Waals surface area contributed by atoms with Crippen LogP contribution < -0.4 is 5.32 Å². The third-order valence-electron chi connectivity index (χ3n) is 3.24. The van der Waals surface area contributed by atoms with Crippen molar-refractivity contribution in [3.8, 4) is 0 Å². The van der Waals surface area contributed by atoms with Crippen molar-refractivity contribution in [1.82, 2.24) is 14.7 Å². The van der Waals surface area contributed by atoms with E-state index in [0.29, 0.717) is 5.69 Å². The predicted octanol–water partition coefficient (Wildman–Crippen LogP) is 1.94. The van der Waals surface area contributed by atoms with Crippen LogP contribution in [0.5, 0.6) is 0 Å². The zero-order valence-corrected chi connectivity index (χ0v) is 13.4. The molecule has 24 heavy (non-hydrogen) atoms. The Morgan fingerprint density at radius 1 is 1.29 bits per heavy atom. The SMILES string of the molecule is O=C(COC(=O)Cc1cn2ccsc2n1)NCc1ccc(F)cc1. The zero-order chi connectivity index (χ0) is 16.9. The topological polar surface area (TPSA) is 72.7 Å². The molecule has 6 nitrogen and oxygen atoms in total. The van der Waals surface area contributed by atoms with Gasteiger partial charge in [0.2, 0.25) is 0 Å². The highest BCUT2D eigenvalue weighted by molar-refractivity contribution is 7.15. The van der Waals surface area contributed by atoms with Gasteiger partial charge in [0.05, 0.1) is 12.1 Å². The van der Waals surface area contributed by atoms with Crippen molar-refractivity contribution in [3.63, 3.8) is 0 Å². The minimum Gasteiger partial charge on any atom is -0.455 e. The van der Waals surface area contributed by atoms with Gasteiger partial charge in [-0.15, -0.1) is 11.3 Å². The number of nitrogens with one attached hydrogen (secondary N) is 1. The predicted molar refractivity (Wildman–Crippen MR) is 86.0 cm³/mol. The standard InChI is InChI=1S/C16H14FN3O3S/c17-12-3-1-11(2-4-12)8-18-14(21)10-23-15(22)7-13-9-20-5-6-24-16(20)19-13/h1-6,9H,7-8,10H2,(H,18,21). The molecule has 1 N–H and O–H groups in total. The number of carbonyl (C=O) groups excluding carboxylic acids is 2. The van der Waals surface area contributed by atoms with Crippen LogP contribution in [0.4, 0.5) is 4.39 Å². The molecule has 0 spiro atoms. The van der Waals surface area contributed by atoms with Gasteiger partial charge in [-0.2, -0.15) is 0 Å². The van der Waals surface area contributed by atoms with Gasteiger partial charge in [-0.25, -0.2) is 9.37 Å². The molecular weight excluding hydrogens is 333 g/mol. The van der Waals surface area contributed by atoms with E-state index < -0.39 is 11.9 Å². The van der Waals surface area contributed by atoms with Crippen LogP contribution in [0.1, 0.15) is 11.3 Å². The summed E-state index contributed by atoms with van der Waals surface area (Å²) in [5, 5.41) is 4.50. The summed E-state index contributed by atoms with van der Waals surface area (Å²) in [6.45, 7) is -0.115. The molecule has 0 bridgehead atoms. The van der Waals surface area contributed by atoms with Crippen LogP contribution >= 0.6 is 11.3 Å². The Kier molecular flexibility index (Phi) is 4.85. The van der Waals surface area contributed by atoms with Gasteiger partial charge in [0.25, 0.3) is 5.91 Å². The lowest BCUT2D eigenvalue weighted by atomic mass is 10.2. The van der Waals surface area contributed by atoms with Crippen LogP contribution in [-0.4, -0.2) is 27.9 Å². The van der Waals surface area contributed by atoms with Gasteiger partial charge in [0, 0.05) is 24.3 Å². The number of hydrogen-bond donors (Lipinski definition) is 1. The van der Waals surface area contributed by atoms with Gasteiger partial charge >= 0.3 is 5.97 Å². The fraction of sp³-hybridized carbons (Fsp3) is 0.188. The van der Waals surface area contributed by atoms with E-state index in [1.165, 1.54) is 23.5 Å². The number of esters is 1. The molecule has 0 aliphatic rings. The summed E-state index contributed by atoms with van der Waals surface area (Å²) in [6, 6.07) is 5.78. The van der Waals surface area contributed by atoms with E-state index >= 15 is 0 Å². The molecule has 2 aromatic heterocycles. The Bertz CT molecular complexity index is 828. The van der Waals surface area contributed by atoms with Crippen LogP contribution in [0.15, 0.2) is 42.0 Å². The number of hydrogen-bond acceptors (Lipinski definition) is 5. The fourth-order valence-corrected chi connectivity index (χ4v) is 2.78. The van der Waals surface area contributed by atoms with Crippen molar-refractivity contribution in [2.45, 2.75) is 13.0 Å². The lowest BCUT2D eigenvalue weighted by Gasteiger charge is -2.06. The molecule has 3 rings (SSSR count). The molecule has 0 aliphatic heterocycles. The number of fused-ring (bicyclic) bond motifs is 1. The minimum absolute atomic E-state index is 0.0135. The first-order valence-corrected chi connectivity index (χ1v) is 8.06. The Morgan fingerprint density at radius 2 is 2.08 bits per heavy atom. The fourth-order valence-electron chi connectivity index (χ4n) is 2.06. The Balaban J connectivity index is 1.41. The average Bonchev–Trinajstić information content (AvgIpc) is 3.13. The molecule has 0 saturated carbocycles. The first-order valence-electron chi connectivity index (χ1n) is 7.18. The molecule has 0 unspecified atom stereocenters. The number of amides is 1. The average molecular weight is 347 g/mol. The summed E-state index contributed by atoms with van der Waals surface area (Å²) in [7, 11) is 0. The van der Waals surface area contributed by atoms with Crippen LogP contribution in [-0.2, 0) is 27.3 Å². The maximum Gasteiger partial charge on any atom is 0.312 e. The molecule has 3 aromatic rings. The maximum absolute atomic E-state index is 12.8. The van der Waals surface area contributed by atoms with Crippen LogP contribution in [0.2, 0.25) is 0 Å².